The molecule has 2 aromatic carbocycles. The number of carbonyl (C=O) groups excluding carboxylic acids is 3. The number of Topliss-reactive ketones (excluding diaryl/α,β-unsaturated/α-hetero) is 1. The Morgan fingerprint density at radius 1 is 0.980 bits per heavy atom. The number of morpholine rings is 1. The number of hydrogen-bond acceptors (Lipinski definition) is 9. The molecule has 50 heavy (non-hydrogen) atoms. The van der Waals surface area contributed by atoms with Crippen LogP contribution in [0.15, 0.2) is 77.3 Å². The van der Waals surface area contributed by atoms with E-state index in [1.165, 1.54) is 5.56 Å². The Balaban J connectivity index is 1.000. The van der Waals surface area contributed by atoms with Crippen molar-refractivity contribution in [1.29, 1.82) is 0 Å². The van der Waals surface area contributed by atoms with Crippen molar-refractivity contribution in [1.82, 2.24) is 25.4 Å². The van der Waals surface area contributed by atoms with Crippen LogP contribution in [-0.4, -0.2) is 104 Å². The molecule has 11 heteroatoms. The van der Waals surface area contributed by atoms with E-state index in [1.807, 2.05) is 50.2 Å². The first-order valence-corrected chi connectivity index (χ1v) is 17.7. The standard InChI is InChI=1S/C39H47N5O6/c1-27(2)37(42-38(46)36-25-30-24-31(11-12-35(30)50-36)49-22-19-43-17-20-48-21-18-43)39(47)41-33-10-6-15-44(26-34(33)45)16-13-28-7-5-8-29(23-28)32-9-3-4-14-40-32/h3-5,7-9,11-12,14,23-25,27,33,37H,6,10,13,15-22,26H2,1-2H3,(H,41,47)(H,42,46). The molecule has 0 saturated carbocycles. The topological polar surface area (TPSA) is 126 Å². The van der Waals surface area contributed by atoms with Crippen molar-refractivity contribution < 1.29 is 28.3 Å². The lowest BCUT2D eigenvalue weighted by Crippen LogP contribution is -2.54. The summed E-state index contributed by atoms with van der Waals surface area (Å²) in [6.07, 6.45) is 3.92. The molecule has 4 heterocycles. The maximum Gasteiger partial charge on any atom is 0.287 e. The van der Waals surface area contributed by atoms with Gasteiger partial charge >= 0.3 is 0 Å². The number of rotatable bonds is 13. The predicted molar refractivity (Wildman–Crippen MR) is 191 cm³/mol. The molecular weight excluding hydrogens is 634 g/mol. The molecule has 2 atom stereocenters. The number of amides is 2. The van der Waals surface area contributed by atoms with Crippen LogP contribution in [0.2, 0.25) is 0 Å². The quantitative estimate of drug-likeness (QED) is 0.212. The summed E-state index contributed by atoms with van der Waals surface area (Å²) in [5.41, 5.74) is 3.74. The van der Waals surface area contributed by atoms with E-state index in [0.717, 1.165) is 75.4 Å². The van der Waals surface area contributed by atoms with E-state index in [2.05, 4.69) is 43.6 Å². The highest BCUT2D eigenvalue weighted by molar-refractivity contribution is 5.99. The molecule has 2 fully saturated rings. The first kappa shape index (κ1) is 35.3. The van der Waals surface area contributed by atoms with E-state index >= 15 is 0 Å². The fourth-order valence-electron chi connectivity index (χ4n) is 6.49. The zero-order valence-corrected chi connectivity index (χ0v) is 28.9. The molecule has 2 aliphatic rings. The van der Waals surface area contributed by atoms with Gasteiger partial charge in [0.25, 0.3) is 5.91 Å². The van der Waals surface area contributed by atoms with Crippen molar-refractivity contribution in [3.63, 3.8) is 0 Å². The van der Waals surface area contributed by atoms with Gasteiger partial charge in [-0.05, 0) is 79.8 Å². The molecule has 4 aromatic rings. The molecule has 2 saturated heterocycles. The number of hydrogen-bond donors (Lipinski definition) is 2. The van der Waals surface area contributed by atoms with Gasteiger partial charge in [0, 0.05) is 43.3 Å². The van der Waals surface area contributed by atoms with Crippen LogP contribution in [0.25, 0.3) is 22.2 Å². The van der Waals surface area contributed by atoms with Gasteiger partial charge < -0.3 is 24.5 Å². The fraction of sp³-hybridized carbons (Fsp3) is 0.436. The van der Waals surface area contributed by atoms with Crippen molar-refractivity contribution in [2.24, 2.45) is 5.92 Å². The summed E-state index contributed by atoms with van der Waals surface area (Å²) in [6.45, 7) is 10.2. The monoisotopic (exact) mass is 681 g/mol. The third-order valence-corrected chi connectivity index (χ3v) is 9.38. The second kappa shape index (κ2) is 16.9. The number of furan rings is 1. The van der Waals surface area contributed by atoms with Crippen LogP contribution < -0.4 is 15.4 Å². The summed E-state index contributed by atoms with van der Waals surface area (Å²) >= 11 is 0. The van der Waals surface area contributed by atoms with E-state index in [0.29, 0.717) is 24.4 Å². The Labute approximate surface area is 293 Å². The Bertz CT molecular complexity index is 1750. The van der Waals surface area contributed by atoms with E-state index < -0.39 is 18.0 Å². The maximum atomic E-state index is 13.5. The number of carbonyl (C=O) groups is 3. The van der Waals surface area contributed by atoms with Gasteiger partial charge in [-0.25, -0.2) is 0 Å². The van der Waals surface area contributed by atoms with Crippen molar-refractivity contribution in [2.45, 2.75) is 45.2 Å². The second-order valence-electron chi connectivity index (χ2n) is 13.4. The number of aromatic nitrogens is 1. The zero-order valence-electron chi connectivity index (χ0n) is 28.9. The average molecular weight is 682 g/mol. The van der Waals surface area contributed by atoms with Crippen molar-refractivity contribution in [2.75, 3.05) is 59.1 Å². The van der Waals surface area contributed by atoms with Crippen LogP contribution >= 0.6 is 0 Å². The summed E-state index contributed by atoms with van der Waals surface area (Å²) in [7, 11) is 0. The molecule has 2 N–H and O–H groups in total. The molecule has 0 bridgehead atoms. The first-order valence-electron chi connectivity index (χ1n) is 17.7. The zero-order chi connectivity index (χ0) is 34.9. The van der Waals surface area contributed by atoms with Gasteiger partial charge in [-0.3, -0.25) is 29.2 Å². The van der Waals surface area contributed by atoms with Gasteiger partial charge in [0.1, 0.15) is 24.0 Å². The van der Waals surface area contributed by atoms with Gasteiger partial charge in [-0.1, -0.05) is 38.1 Å². The van der Waals surface area contributed by atoms with Crippen LogP contribution in [-0.2, 0) is 20.7 Å². The summed E-state index contributed by atoms with van der Waals surface area (Å²) < 4.78 is 17.2. The molecule has 0 radical (unpaired) electrons. The normalized spacial score (nSPS) is 18.1. The van der Waals surface area contributed by atoms with E-state index in [4.69, 9.17) is 13.9 Å². The predicted octanol–water partition coefficient (Wildman–Crippen LogP) is 4.35. The SMILES string of the molecule is CC(C)C(NC(=O)c1cc2cc(OCCN3CCOCC3)ccc2o1)C(=O)NC1CCCN(CCc2cccc(-c3ccccn3)c2)CC1=O. The summed E-state index contributed by atoms with van der Waals surface area (Å²) in [5.74, 6) is -0.301. The molecule has 11 nitrogen and oxygen atoms in total. The van der Waals surface area contributed by atoms with Crippen LogP contribution in [0, 0.1) is 5.92 Å². The summed E-state index contributed by atoms with van der Waals surface area (Å²) in [6, 6.07) is 19.9. The van der Waals surface area contributed by atoms with E-state index in [1.54, 1.807) is 18.3 Å². The minimum absolute atomic E-state index is 0.0211. The number of pyridine rings is 1. The molecule has 264 valence electrons. The van der Waals surface area contributed by atoms with E-state index in [-0.39, 0.29) is 29.9 Å². The lowest BCUT2D eigenvalue weighted by Gasteiger charge is -2.26. The minimum Gasteiger partial charge on any atom is -0.492 e. The van der Waals surface area contributed by atoms with Gasteiger partial charge in [-0.2, -0.15) is 0 Å². The highest BCUT2D eigenvalue weighted by Gasteiger charge is 2.31. The lowest BCUT2D eigenvalue weighted by atomic mass is 10.0. The summed E-state index contributed by atoms with van der Waals surface area (Å²) in [5, 5.41) is 6.53. The van der Waals surface area contributed by atoms with Gasteiger partial charge in [0.15, 0.2) is 11.5 Å². The fourth-order valence-corrected chi connectivity index (χ4v) is 6.49. The highest BCUT2D eigenvalue weighted by atomic mass is 16.5. The molecule has 0 spiro atoms. The third kappa shape index (κ3) is 9.35. The number of ether oxygens (including phenoxy) is 2. The number of benzene rings is 2. The Kier molecular flexibility index (Phi) is 11.9. The Morgan fingerprint density at radius 3 is 2.64 bits per heavy atom. The van der Waals surface area contributed by atoms with Gasteiger partial charge in [0.05, 0.1) is 31.5 Å². The maximum absolute atomic E-state index is 13.5. The Morgan fingerprint density at radius 2 is 1.84 bits per heavy atom. The van der Waals surface area contributed by atoms with Crippen molar-refractivity contribution >= 4 is 28.6 Å². The molecule has 2 amide bonds. The number of nitrogens with one attached hydrogen (secondary N) is 2. The first-order chi connectivity index (χ1) is 24.3. The molecule has 2 aliphatic heterocycles. The molecular formula is C39H47N5O6. The second-order valence-corrected chi connectivity index (χ2v) is 13.4. The lowest BCUT2D eigenvalue weighted by molar-refractivity contribution is -0.129. The number of ketones is 1. The van der Waals surface area contributed by atoms with Crippen LogP contribution in [0.1, 0.15) is 42.8 Å². The van der Waals surface area contributed by atoms with Crippen molar-refractivity contribution in [3.8, 4) is 17.0 Å². The van der Waals surface area contributed by atoms with E-state index in [9.17, 15) is 14.4 Å². The Hall–Kier alpha value is -4.58. The number of likely N-dealkylation sites (tertiary alicyclic amines) is 1. The highest BCUT2D eigenvalue weighted by Crippen LogP contribution is 2.25. The summed E-state index contributed by atoms with van der Waals surface area (Å²) in [4.78, 5) is 49.0. The van der Waals surface area contributed by atoms with Gasteiger partial charge in [-0.15, -0.1) is 0 Å². The average Bonchev–Trinajstić information content (AvgIpc) is 3.48. The molecule has 2 aromatic heterocycles. The molecule has 2 unspecified atom stereocenters. The molecule has 6 rings (SSSR count). The third-order valence-electron chi connectivity index (χ3n) is 9.38. The number of fused-ring (bicyclic) bond motifs is 1. The van der Waals surface area contributed by atoms with Crippen molar-refractivity contribution in [3.05, 3.63) is 84.3 Å². The largest absolute Gasteiger partial charge is 0.492 e. The minimum atomic E-state index is -0.840. The van der Waals surface area contributed by atoms with Gasteiger partial charge in [0.2, 0.25) is 5.91 Å². The van der Waals surface area contributed by atoms with Crippen LogP contribution in [0.3, 0.4) is 0 Å². The van der Waals surface area contributed by atoms with Crippen LogP contribution in [0.4, 0.5) is 0 Å². The van der Waals surface area contributed by atoms with Crippen LogP contribution in [0.5, 0.6) is 5.75 Å². The molecule has 0 aliphatic carbocycles. The smallest absolute Gasteiger partial charge is 0.287 e. The number of nitrogens with zero attached hydrogens (tertiary/aromatic N) is 3.